The molecule has 1 saturated heterocycles. The van der Waals surface area contributed by atoms with Crippen LogP contribution in [-0.2, 0) is 14.3 Å². The van der Waals surface area contributed by atoms with Crippen LogP contribution < -0.4 is 21.3 Å². The fourth-order valence-corrected chi connectivity index (χ4v) is 4.20. The zero-order chi connectivity index (χ0) is 22.5. The zero-order valence-electron chi connectivity index (χ0n) is 18.2. The highest BCUT2D eigenvalue weighted by atomic mass is 16.7. The molecule has 0 bridgehead atoms. The second kappa shape index (κ2) is 11.1. The van der Waals surface area contributed by atoms with Crippen molar-refractivity contribution in [3.05, 3.63) is 0 Å². The Morgan fingerprint density at radius 3 is 2.53 bits per heavy atom. The highest BCUT2D eigenvalue weighted by Crippen LogP contribution is 2.29. The first-order valence-corrected chi connectivity index (χ1v) is 10.5. The summed E-state index contributed by atoms with van der Waals surface area (Å²) < 4.78 is 11.5. The van der Waals surface area contributed by atoms with Crippen LogP contribution in [0.2, 0.25) is 0 Å². The van der Waals surface area contributed by atoms with Crippen LogP contribution in [0.15, 0.2) is 0 Å². The Labute approximate surface area is 177 Å². The molecular weight excluding hydrogens is 396 g/mol. The minimum Gasteiger partial charge on any atom is -0.390 e. The molecule has 0 aromatic heterocycles. The number of nitrogens with one attached hydrogen (secondary N) is 4. The highest BCUT2D eigenvalue weighted by molar-refractivity contribution is 5.80. The number of rotatable bonds is 9. The van der Waals surface area contributed by atoms with Gasteiger partial charge in [0.05, 0.1) is 24.8 Å². The average molecular weight is 435 g/mol. The predicted octanol–water partition coefficient (Wildman–Crippen LogP) is -3.37. The summed E-state index contributed by atoms with van der Waals surface area (Å²) in [6.07, 6.45) is -4.14. The largest absolute Gasteiger partial charge is 0.390 e. The second-order valence-electron chi connectivity index (χ2n) is 8.44. The third kappa shape index (κ3) is 6.09. The van der Waals surface area contributed by atoms with E-state index in [9.17, 15) is 25.2 Å². The summed E-state index contributed by atoms with van der Waals surface area (Å²) in [5.41, 5.74) is -1.29. The molecule has 1 heterocycles. The number of amides is 1. The van der Waals surface area contributed by atoms with E-state index in [0.717, 1.165) is 0 Å². The van der Waals surface area contributed by atoms with Crippen LogP contribution in [0.4, 0.5) is 0 Å². The van der Waals surface area contributed by atoms with Crippen LogP contribution in [-0.4, -0.2) is 115 Å². The maximum absolute atomic E-state index is 12.4. The number of aliphatic hydroxyl groups excluding tert-OH is 3. The lowest BCUT2D eigenvalue weighted by molar-refractivity contribution is -0.293. The van der Waals surface area contributed by atoms with Crippen molar-refractivity contribution in [3.8, 4) is 0 Å². The lowest BCUT2D eigenvalue weighted by Gasteiger charge is -2.47. The number of ether oxygens (including phenoxy) is 2. The summed E-state index contributed by atoms with van der Waals surface area (Å²) >= 11 is 0. The van der Waals surface area contributed by atoms with Gasteiger partial charge in [0.15, 0.2) is 6.29 Å². The van der Waals surface area contributed by atoms with E-state index in [2.05, 4.69) is 21.3 Å². The van der Waals surface area contributed by atoms with Gasteiger partial charge in [-0.25, -0.2) is 0 Å². The lowest BCUT2D eigenvalue weighted by Crippen LogP contribution is -2.67. The molecule has 2 rings (SSSR count). The second-order valence-corrected chi connectivity index (χ2v) is 8.44. The van der Waals surface area contributed by atoms with Crippen LogP contribution in [0.3, 0.4) is 0 Å². The molecule has 11 heteroatoms. The average Bonchev–Trinajstić information content (AvgIpc) is 2.69. The van der Waals surface area contributed by atoms with Crippen molar-refractivity contribution in [3.63, 3.8) is 0 Å². The zero-order valence-corrected chi connectivity index (χ0v) is 18.2. The third-order valence-electron chi connectivity index (χ3n) is 5.98. The number of carbonyl (C=O) groups is 1. The molecule has 11 nitrogen and oxygen atoms in total. The first-order chi connectivity index (χ1) is 14.1. The summed E-state index contributed by atoms with van der Waals surface area (Å²) in [5, 5.41) is 53.4. The molecule has 1 amide bonds. The van der Waals surface area contributed by atoms with Crippen LogP contribution in [0.1, 0.15) is 26.2 Å². The van der Waals surface area contributed by atoms with Crippen molar-refractivity contribution in [1.82, 2.24) is 21.3 Å². The van der Waals surface area contributed by atoms with Crippen LogP contribution >= 0.6 is 0 Å². The van der Waals surface area contributed by atoms with Crippen LogP contribution in [0.5, 0.6) is 0 Å². The summed E-state index contributed by atoms with van der Waals surface area (Å²) in [7, 11) is 5.12. The van der Waals surface area contributed by atoms with Crippen molar-refractivity contribution in [2.24, 2.45) is 0 Å². The van der Waals surface area contributed by atoms with Gasteiger partial charge in [-0.1, -0.05) is 0 Å². The Morgan fingerprint density at radius 2 is 1.93 bits per heavy atom. The van der Waals surface area contributed by atoms with Crippen molar-refractivity contribution >= 4 is 5.91 Å². The van der Waals surface area contributed by atoms with E-state index in [4.69, 9.17) is 9.47 Å². The molecule has 9 atom stereocenters. The number of hydrogen-bond donors (Lipinski definition) is 8. The number of hydrogen-bond acceptors (Lipinski definition) is 10. The minimum atomic E-state index is -1.29. The molecule has 176 valence electrons. The summed E-state index contributed by atoms with van der Waals surface area (Å²) in [6.45, 7) is 1.96. The molecule has 0 radical (unpaired) electrons. The predicted molar refractivity (Wildman–Crippen MR) is 109 cm³/mol. The van der Waals surface area contributed by atoms with E-state index in [1.807, 2.05) is 0 Å². The van der Waals surface area contributed by atoms with Gasteiger partial charge in [0.25, 0.3) is 0 Å². The molecule has 30 heavy (non-hydrogen) atoms. The molecule has 2 fully saturated rings. The molecular formula is C19H38N4O7. The smallest absolute Gasteiger partial charge is 0.249 e. The van der Waals surface area contributed by atoms with Gasteiger partial charge < -0.3 is 51.2 Å². The normalized spacial score (nSPS) is 40.7. The van der Waals surface area contributed by atoms with Gasteiger partial charge in [-0.3, -0.25) is 4.79 Å². The number of likely N-dealkylation sites (N-methyl/N-ethyl adjacent to an activating group) is 1. The molecule has 0 aromatic rings. The summed E-state index contributed by atoms with van der Waals surface area (Å²) in [5.74, 6) is -0.547. The standard InChI is InChI=1S/C19H38N4O7/c1-19(28)9-29-18(14(26)16(19)22-4)30-15-11(7-10(21-3)8-13(15)25)23-17(27)12(24)5-6-20-2/h10-16,18,20-22,24-26,28H,5-9H2,1-4H3,(H,23,27). The first kappa shape index (κ1) is 25.4. The number of aliphatic hydroxyl groups is 4. The molecule has 1 aliphatic carbocycles. The molecule has 0 aromatic carbocycles. The SMILES string of the molecule is CNCCC(O)C(=O)NC1CC(NC)CC(O)C1OC1OCC(C)(O)C(NC)C1O. The fourth-order valence-electron chi connectivity index (χ4n) is 4.20. The van der Waals surface area contributed by atoms with Gasteiger partial charge in [-0.05, 0) is 53.9 Å². The first-order valence-electron chi connectivity index (χ1n) is 10.5. The molecule has 9 unspecified atom stereocenters. The Hall–Kier alpha value is -0.890. The van der Waals surface area contributed by atoms with E-state index < -0.39 is 54.3 Å². The minimum absolute atomic E-state index is 0.0532. The van der Waals surface area contributed by atoms with Crippen molar-refractivity contribution in [2.45, 2.75) is 80.6 Å². The molecule has 8 N–H and O–H groups in total. The maximum atomic E-state index is 12.4. The highest BCUT2D eigenvalue weighted by Gasteiger charge is 2.49. The van der Waals surface area contributed by atoms with Gasteiger partial charge >= 0.3 is 0 Å². The van der Waals surface area contributed by atoms with Gasteiger partial charge in [0, 0.05) is 6.04 Å². The topological polar surface area (TPSA) is 165 Å². The van der Waals surface area contributed by atoms with E-state index in [1.54, 1.807) is 28.1 Å². The monoisotopic (exact) mass is 434 g/mol. The lowest BCUT2D eigenvalue weighted by atomic mass is 9.85. The number of carbonyl (C=O) groups excluding carboxylic acids is 1. The van der Waals surface area contributed by atoms with E-state index in [0.29, 0.717) is 19.4 Å². The van der Waals surface area contributed by atoms with Gasteiger partial charge in [-0.15, -0.1) is 0 Å². The molecule has 1 aliphatic heterocycles. The Kier molecular flexibility index (Phi) is 9.40. The van der Waals surface area contributed by atoms with Crippen LogP contribution in [0.25, 0.3) is 0 Å². The van der Waals surface area contributed by atoms with Gasteiger partial charge in [0.1, 0.15) is 23.9 Å². The van der Waals surface area contributed by atoms with Gasteiger partial charge in [-0.2, -0.15) is 0 Å². The maximum Gasteiger partial charge on any atom is 0.249 e. The Balaban J connectivity index is 2.11. The van der Waals surface area contributed by atoms with E-state index in [-0.39, 0.29) is 19.1 Å². The molecule has 0 spiro atoms. The van der Waals surface area contributed by atoms with Crippen molar-refractivity contribution in [2.75, 3.05) is 34.3 Å². The quantitative estimate of drug-likeness (QED) is 0.184. The summed E-state index contributed by atoms with van der Waals surface area (Å²) in [6, 6.07) is -1.35. The Bertz CT molecular complexity index is 553. The van der Waals surface area contributed by atoms with Crippen LogP contribution in [0, 0.1) is 0 Å². The third-order valence-corrected chi connectivity index (χ3v) is 5.98. The Morgan fingerprint density at radius 1 is 1.23 bits per heavy atom. The van der Waals surface area contributed by atoms with Crippen molar-refractivity contribution < 1.29 is 34.7 Å². The fraction of sp³-hybridized carbons (Fsp3) is 0.947. The van der Waals surface area contributed by atoms with E-state index >= 15 is 0 Å². The molecule has 1 saturated carbocycles. The molecule has 2 aliphatic rings. The van der Waals surface area contributed by atoms with E-state index in [1.165, 1.54) is 0 Å². The van der Waals surface area contributed by atoms with Gasteiger partial charge in [0.2, 0.25) is 5.91 Å². The van der Waals surface area contributed by atoms with Crippen molar-refractivity contribution in [1.29, 1.82) is 0 Å². The summed E-state index contributed by atoms with van der Waals surface area (Å²) in [4.78, 5) is 12.4.